The van der Waals surface area contributed by atoms with Gasteiger partial charge >= 0.3 is 5.97 Å². The van der Waals surface area contributed by atoms with Crippen molar-refractivity contribution in [3.8, 4) is 0 Å². The Morgan fingerprint density at radius 1 is 1.42 bits per heavy atom. The van der Waals surface area contributed by atoms with Crippen LogP contribution in [0, 0.1) is 11.8 Å². The number of hydrogen-bond donors (Lipinski definition) is 1. The van der Waals surface area contributed by atoms with E-state index in [1.54, 1.807) is 0 Å². The van der Waals surface area contributed by atoms with Crippen LogP contribution in [0.25, 0.3) is 0 Å². The van der Waals surface area contributed by atoms with E-state index < -0.39 is 6.10 Å². The molecule has 2 aliphatic carbocycles. The minimum absolute atomic E-state index is 0.207. The summed E-state index contributed by atoms with van der Waals surface area (Å²) in [5, 5.41) is 9.65. The first-order chi connectivity index (χ1) is 5.68. The van der Waals surface area contributed by atoms with E-state index in [1.165, 1.54) is 6.92 Å². The molecule has 0 radical (unpaired) electrons. The van der Waals surface area contributed by atoms with Gasteiger partial charge in [-0.1, -0.05) is 0 Å². The topological polar surface area (TPSA) is 46.5 Å². The predicted molar refractivity (Wildman–Crippen MR) is 42.4 cm³/mol. The Labute approximate surface area is 71.7 Å². The van der Waals surface area contributed by atoms with Crippen LogP contribution < -0.4 is 0 Å². The molecule has 4 atom stereocenters. The van der Waals surface area contributed by atoms with Gasteiger partial charge in [-0.2, -0.15) is 0 Å². The van der Waals surface area contributed by atoms with Crippen LogP contribution in [0.3, 0.4) is 0 Å². The Bertz CT molecular complexity index is 200. The largest absolute Gasteiger partial charge is 0.459 e. The lowest BCUT2D eigenvalue weighted by Crippen LogP contribution is -2.35. The molecular weight excluding hydrogens is 156 g/mol. The molecule has 0 aromatic heterocycles. The predicted octanol–water partition coefficient (Wildman–Crippen LogP) is 0.709. The van der Waals surface area contributed by atoms with Crippen LogP contribution in [0.5, 0.6) is 0 Å². The van der Waals surface area contributed by atoms with Gasteiger partial charge in [0.1, 0.15) is 6.10 Å². The van der Waals surface area contributed by atoms with Crippen LogP contribution in [0.1, 0.15) is 26.2 Å². The molecular formula is C9H14O3. The van der Waals surface area contributed by atoms with Gasteiger partial charge in [0.2, 0.25) is 0 Å². The molecule has 1 N–H and O–H groups in total. The zero-order valence-corrected chi connectivity index (χ0v) is 7.19. The second-order valence-corrected chi connectivity index (χ2v) is 3.90. The van der Waals surface area contributed by atoms with Crippen LogP contribution in [0.2, 0.25) is 0 Å². The highest BCUT2D eigenvalue weighted by Gasteiger charge is 2.48. The van der Waals surface area contributed by atoms with Crippen molar-refractivity contribution < 1.29 is 14.6 Å². The standard InChI is InChI=1S/C9H14O3/c1-5(10)12-9-7-3-2-6(4-7)8(9)11/h6-9,11H,2-4H2,1H3/t6-,7+,8-,9+/m0/s1. The van der Waals surface area contributed by atoms with Gasteiger partial charge in [-0.15, -0.1) is 0 Å². The number of rotatable bonds is 1. The number of aliphatic hydroxyl groups excluding tert-OH is 1. The van der Waals surface area contributed by atoms with Crippen molar-refractivity contribution in [3.63, 3.8) is 0 Å². The molecule has 3 heteroatoms. The van der Waals surface area contributed by atoms with Crippen LogP contribution in [0.4, 0.5) is 0 Å². The monoisotopic (exact) mass is 170 g/mol. The van der Waals surface area contributed by atoms with Crippen molar-refractivity contribution in [1.29, 1.82) is 0 Å². The fourth-order valence-corrected chi connectivity index (χ4v) is 2.57. The van der Waals surface area contributed by atoms with E-state index in [9.17, 15) is 9.90 Å². The first-order valence-electron chi connectivity index (χ1n) is 4.54. The summed E-state index contributed by atoms with van der Waals surface area (Å²) >= 11 is 0. The third kappa shape index (κ3) is 1.12. The first-order valence-corrected chi connectivity index (χ1v) is 4.54. The van der Waals surface area contributed by atoms with Gasteiger partial charge in [-0.25, -0.2) is 0 Å². The van der Waals surface area contributed by atoms with Crippen molar-refractivity contribution in [2.24, 2.45) is 11.8 Å². The number of hydrogen-bond acceptors (Lipinski definition) is 3. The molecule has 2 rings (SSSR count). The molecule has 0 aromatic carbocycles. The average molecular weight is 170 g/mol. The molecule has 0 spiro atoms. The number of fused-ring (bicyclic) bond motifs is 2. The van der Waals surface area contributed by atoms with Gasteiger partial charge in [0.05, 0.1) is 6.10 Å². The summed E-state index contributed by atoms with van der Waals surface area (Å²) in [6.07, 6.45) is 2.65. The summed E-state index contributed by atoms with van der Waals surface area (Å²) in [5.74, 6) is 0.542. The summed E-state index contributed by atoms with van der Waals surface area (Å²) in [6, 6.07) is 0. The van der Waals surface area contributed by atoms with Crippen molar-refractivity contribution >= 4 is 5.97 Å². The van der Waals surface area contributed by atoms with E-state index in [1.807, 2.05) is 0 Å². The molecule has 2 bridgehead atoms. The maximum Gasteiger partial charge on any atom is 0.303 e. The Kier molecular flexibility index (Phi) is 1.83. The second kappa shape index (κ2) is 2.73. The number of carbonyl (C=O) groups is 1. The SMILES string of the molecule is CC(=O)O[C@@H]1[C@@H]2CC[C@@H](C2)[C@@H]1O. The zero-order valence-electron chi connectivity index (χ0n) is 7.19. The highest BCUT2D eigenvalue weighted by atomic mass is 16.6. The molecule has 0 aromatic rings. The molecule has 3 nitrogen and oxygen atoms in total. The van der Waals surface area contributed by atoms with E-state index in [0.29, 0.717) is 11.8 Å². The Balaban J connectivity index is 2.02. The summed E-state index contributed by atoms with van der Waals surface area (Å²) in [7, 11) is 0. The minimum Gasteiger partial charge on any atom is -0.459 e. The highest BCUT2D eigenvalue weighted by Crippen LogP contribution is 2.45. The number of ether oxygens (including phenoxy) is 1. The van der Waals surface area contributed by atoms with E-state index in [2.05, 4.69) is 0 Å². The van der Waals surface area contributed by atoms with Gasteiger partial charge in [0, 0.05) is 6.92 Å². The molecule has 2 fully saturated rings. The van der Waals surface area contributed by atoms with Gasteiger partial charge in [-0.3, -0.25) is 4.79 Å². The van der Waals surface area contributed by atoms with Crippen LogP contribution >= 0.6 is 0 Å². The lowest BCUT2D eigenvalue weighted by Gasteiger charge is -2.26. The van der Waals surface area contributed by atoms with E-state index in [-0.39, 0.29) is 12.1 Å². The van der Waals surface area contributed by atoms with E-state index in [0.717, 1.165) is 19.3 Å². The lowest BCUT2D eigenvalue weighted by molar-refractivity contribution is -0.155. The minimum atomic E-state index is -0.396. The summed E-state index contributed by atoms with van der Waals surface area (Å²) in [5.41, 5.74) is 0. The van der Waals surface area contributed by atoms with Gasteiger partial charge in [0.15, 0.2) is 0 Å². The van der Waals surface area contributed by atoms with E-state index in [4.69, 9.17) is 4.74 Å². The molecule has 2 saturated carbocycles. The summed E-state index contributed by atoms with van der Waals surface area (Å²) in [4.78, 5) is 10.7. The van der Waals surface area contributed by atoms with Gasteiger partial charge in [-0.05, 0) is 31.1 Å². The molecule has 0 amide bonds. The van der Waals surface area contributed by atoms with E-state index >= 15 is 0 Å². The fraction of sp³-hybridized carbons (Fsp3) is 0.889. The summed E-state index contributed by atoms with van der Waals surface area (Å²) in [6.45, 7) is 1.40. The van der Waals surface area contributed by atoms with Crippen molar-refractivity contribution in [2.75, 3.05) is 0 Å². The third-order valence-corrected chi connectivity index (χ3v) is 3.10. The van der Waals surface area contributed by atoms with Crippen LogP contribution in [-0.4, -0.2) is 23.3 Å². The number of carbonyl (C=O) groups excluding carboxylic acids is 1. The van der Waals surface area contributed by atoms with Gasteiger partial charge < -0.3 is 9.84 Å². The molecule has 0 saturated heterocycles. The fourth-order valence-electron chi connectivity index (χ4n) is 2.57. The first kappa shape index (κ1) is 8.05. The van der Waals surface area contributed by atoms with Crippen LogP contribution in [0.15, 0.2) is 0 Å². The Morgan fingerprint density at radius 3 is 2.58 bits per heavy atom. The average Bonchev–Trinajstić information content (AvgIpc) is 2.53. The molecule has 2 aliphatic rings. The molecule has 68 valence electrons. The normalized spacial score (nSPS) is 44.8. The van der Waals surface area contributed by atoms with Gasteiger partial charge in [0.25, 0.3) is 0 Å². The third-order valence-electron chi connectivity index (χ3n) is 3.10. The molecule has 0 unspecified atom stereocenters. The van der Waals surface area contributed by atoms with Crippen molar-refractivity contribution in [3.05, 3.63) is 0 Å². The molecule has 12 heavy (non-hydrogen) atoms. The maximum atomic E-state index is 10.7. The van der Waals surface area contributed by atoms with Crippen LogP contribution in [-0.2, 0) is 9.53 Å². The number of aliphatic hydroxyl groups is 1. The summed E-state index contributed by atoms with van der Waals surface area (Å²) < 4.78 is 5.07. The smallest absolute Gasteiger partial charge is 0.303 e. The lowest BCUT2D eigenvalue weighted by atomic mass is 9.95. The quantitative estimate of drug-likeness (QED) is 0.589. The van der Waals surface area contributed by atoms with Crippen molar-refractivity contribution in [2.45, 2.75) is 38.4 Å². The zero-order chi connectivity index (χ0) is 8.72. The Morgan fingerprint density at radius 2 is 2.08 bits per heavy atom. The Hall–Kier alpha value is -0.570. The molecule has 0 heterocycles. The van der Waals surface area contributed by atoms with Crippen molar-refractivity contribution in [1.82, 2.24) is 0 Å². The number of esters is 1. The maximum absolute atomic E-state index is 10.7. The second-order valence-electron chi connectivity index (χ2n) is 3.90. The highest BCUT2D eigenvalue weighted by molar-refractivity contribution is 5.66. The molecule has 0 aliphatic heterocycles.